The molecule has 30 heavy (non-hydrogen) atoms. The van der Waals surface area contributed by atoms with E-state index in [1.807, 2.05) is 0 Å². The highest BCUT2D eigenvalue weighted by atomic mass is 35.5. The van der Waals surface area contributed by atoms with Crippen molar-refractivity contribution in [2.45, 2.75) is 36.2 Å². The molecule has 1 amide bonds. The topological polar surface area (TPSA) is 104 Å². The number of carboxylic acid groups (broad SMARTS) is 1. The maximum Gasteiger partial charge on any atom is 0.309 e. The molecule has 11 heteroatoms. The first-order valence-corrected chi connectivity index (χ1v) is 11.8. The summed E-state index contributed by atoms with van der Waals surface area (Å²) in [6, 6.07) is 2.51. The molecular formula is C19H22Cl2N2O6S. The Bertz CT molecular complexity index is 982. The first-order chi connectivity index (χ1) is 14.1. The number of fused-ring (bicyclic) bond motifs is 3. The number of hydrogen-bond donors (Lipinski definition) is 1. The van der Waals surface area contributed by atoms with Crippen molar-refractivity contribution < 1.29 is 27.9 Å². The number of ether oxygens (including phenoxy) is 1. The molecule has 1 N–H and O–H groups in total. The quantitative estimate of drug-likeness (QED) is 0.630. The Morgan fingerprint density at radius 3 is 2.50 bits per heavy atom. The standard InChI is InChI=1S/C19H22Cl2N2O6S/c1-29-6-5-22-10-19(18(22)26)15-4-2-3-14(16(19)17(24)25)23(15)30(27,28)13-8-11(20)7-12(21)9-13/h7-9,14-16H,2-6,10H2,1H3,(H,24,25)/t14?,15?,16-,19?/m0/s1. The van der Waals surface area contributed by atoms with E-state index in [0.717, 1.165) is 0 Å². The Kier molecular flexibility index (Phi) is 5.55. The number of hydrogen-bond acceptors (Lipinski definition) is 5. The van der Waals surface area contributed by atoms with E-state index in [1.165, 1.54) is 29.6 Å². The summed E-state index contributed by atoms with van der Waals surface area (Å²) in [5.41, 5.74) is -1.25. The predicted octanol–water partition coefficient (Wildman–Crippen LogP) is 2.09. The lowest BCUT2D eigenvalue weighted by Crippen LogP contribution is -2.69. The van der Waals surface area contributed by atoms with Gasteiger partial charge in [0, 0.05) is 42.3 Å². The summed E-state index contributed by atoms with van der Waals surface area (Å²) >= 11 is 12.0. The number of benzene rings is 1. The molecule has 1 aromatic carbocycles. The molecule has 164 valence electrons. The summed E-state index contributed by atoms with van der Waals surface area (Å²) in [5.74, 6) is -2.56. The molecule has 3 aliphatic rings. The van der Waals surface area contributed by atoms with Crippen molar-refractivity contribution >= 4 is 45.1 Å². The van der Waals surface area contributed by atoms with Gasteiger partial charge < -0.3 is 14.7 Å². The molecule has 1 spiro atoms. The number of carbonyl (C=O) groups is 2. The molecule has 3 aliphatic heterocycles. The molecule has 8 nitrogen and oxygen atoms in total. The molecule has 0 aliphatic carbocycles. The zero-order valence-electron chi connectivity index (χ0n) is 16.3. The average molecular weight is 477 g/mol. The van der Waals surface area contributed by atoms with Crippen molar-refractivity contribution in [2.75, 3.05) is 26.8 Å². The van der Waals surface area contributed by atoms with E-state index in [-0.39, 0.29) is 27.4 Å². The van der Waals surface area contributed by atoms with E-state index in [4.69, 9.17) is 27.9 Å². The number of amides is 1. The van der Waals surface area contributed by atoms with Gasteiger partial charge in [-0.3, -0.25) is 9.59 Å². The minimum absolute atomic E-state index is 0.0962. The summed E-state index contributed by atoms with van der Waals surface area (Å²) in [5, 5.41) is 10.4. The number of piperidine rings is 1. The number of β-lactam (4-membered cyclic amide) rings is 1. The summed E-state index contributed by atoms with van der Waals surface area (Å²) < 4.78 is 33.4. The number of aliphatic carboxylic acids is 1. The van der Waals surface area contributed by atoms with Crippen LogP contribution in [0.3, 0.4) is 0 Å². The van der Waals surface area contributed by atoms with Crippen LogP contribution in [0.2, 0.25) is 10.0 Å². The van der Waals surface area contributed by atoms with Gasteiger partial charge in [-0.2, -0.15) is 4.31 Å². The van der Waals surface area contributed by atoms with Gasteiger partial charge in [-0.05, 0) is 31.0 Å². The first kappa shape index (κ1) is 21.8. The van der Waals surface area contributed by atoms with Gasteiger partial charge in [0.05, 0.1) is 22.8 Å². The van der Waals surface area contributed by atoms with E-state index >= 15 is 0 Å². The van der Waals surface area contributed by atoms with Crippen LogP contribution in [0.4, 0.5) is 0 Å². The predicted molar refractivity (Wildman–Crippen MR) is 109 cm³/mol. The fraction of sp³-hybridized carbons (Fsp3) is 0.579. The Morgan fingerprint density at radius 1 is 1.27 bits per heavy atom. The lowest BCUT2D eigenvalue weighted by atomic mass is 9.65. The summed E-state index contributed by atoms with van der Waals surface area (Å²) in [7, 11) is -2.59. The van der Waals surface area contributed by atoms with Crippen LogP contribution in [0.5, 0.6) is 0 Å². The fourth-order valence-electron chi connectivity index (χ4n) is 5.40. The Hall–Kier alpha value is -1.39. The number of likely N-dealkylation sites (tertiary alicyclic amines) is 1. The minimum atomic E-state index is -4.11. The van der Waals surface area contributed by atoms with Crippen molar-refractivity contribution in [3.63, 3.8) is 0 Å². The highest BCUT2D eigenvalue weighted by Gasteiger charge is 2.74. The second-order valence-corrected chi connectivity index (χ2v) is 10.7. The second-order valence-electron chi connectivity index (χ2n) is 8.03. The molecular weight excluding hydrogens is 455 g/mol. The van der Waals surface area contributed by atoms with Crippen LogP contribution >= 0.6 is 23.2 Å². The highest BCUT2D eigenvalue weighted by Crippen LogP contribution is 2.58. The molecule has 0 saturated carbocycles. The summed E-state index contributed by atoms with van der Waals surface area (Å²) in [6.07, 6.45) is 1.47. The minimum Gasteiger partial charge on any atom is -0.481 e. The lowest BCUT2D eigenvalue weighted by Gasteiger charge is -2.51. The maximum atomic E-state index is 13.6. The number of sulfonamides is 1. The van der Waals surface area contributed by atoms with E-state index in [9.17, 15) is 23.1 Å². The van der Waals surface area contributed by atoms with Crippen LogP contribution in [-0.4, -0.2) is 73.5 Å². The lowest BCUT2D eigenvalue weighted by molar-refractivity contribution is -0.174. The third kappa shape index (κ3) is 3.05. The van der Waals surface area contributed by atoms with E-state index < -0.39 is 39.4 Å². The molecule has 2 bridgehead atoms. The van der Waals surface area contributed by atoms with Gasteiger partial charge in [-0.25, -0.2) is 8.42 Å². The Labute approximate surface area is 184 Å². The number of halogens is 2. The van der Waals surface area contributed by atoms with Gasteiger partial charge >= 0.3 is 5.97 Å². The normalized spacial score (nSPS) is 31.2. The van der Waals surface area contributed by atoms with Crippen molar-refractivity contribution in [3.05, 3.63) is 28.2 Å². The van der Waals surface area contributed by atoms with Crippen LogP contribution in [0.1, 0.15) is 19.3 Å². The molecule has 0 radical (unpaired) electrons. The molecule has 3 unspecified atom stereocenters. The van der Waals surface area contributed by atoms with Crippen LogP contribution in [-0.2, 0) is 24.3 Å². The van der Waals surface area contributed by atoms with Gasteiger partial charge in [-0.15, -0.1) is 0 Å². The highest BCUT2D eigenvalue weighted by molar-refractivity contribution is 7.89. The molecule has 3 heterocycles. The maximum absolute atomic E-state index is 13.6. The van der Waals surface area contributed by atoms with Crippen molar-refractivity contribution in [3.8, 4) is 0 Å². The van der Waals surface area contributed by atoms with Crippen LogP contribution in [0.25, 0.3) is 0 Å². The van der Waals surface area contributed by atoms with E-state index in [0.29, 0.717) is 32.4 Å². The molecule has 4 rings (SSSR count). The zero-order chi connectivity index (χ0) is 21.8. The van der Waals surface area contributed by atoms with E-state index in [1.54, 1.807) is 4.90 Å². The van der Waals surface area contributed by atoms with Gasteiger partial charge in [0.15, 0.2) is 0 Å². The Balaban J connectivity index is 1.78. The SMILES string of the molecule is COCCN1CC2(C1=O)C1CCCC([C@H]2C(=O)O)N1S(=O)(=O)c1cc(Cl)cc(Cl)c1. The monoisotopic (exact) mass is 476 g/mol. The zero-order valence-corrected chi connectivity index (χ0v) is 18.6. The van der Waals surface area contributed by atoms with Gasteiger partial charge in [0.25, 0.3) is 0 Å². The van der Waals surface area contributed by atoms with Gasteiger partial charge in [-0.1, -0.05) is 29.6 Å². The summed E-state index contributed by atoms with van der Waals surface area (Å²) in [4.78, 5) is 26.9. The average Bonchev–Trinajstić information content (AvgIpc) is 2.86. The molecule has 3 fully saturated rings. The number of carboxylic acids is 1. The van der Waals surface area contributed by atoms with E-state index in [2.05, 4.69) is 0 Å². The molecule has 1 aromatic rings. The first-order valence-electron chi connectivity index (χ1n) is 9.65. The summed E-state index contributed by atoms with van der Waals surface area (Å²) in [6.45, 7) is 0.879. The van der Waals surface area contributed by atoms with Gasteiger partial charge in [0.1, 0.15) is 0 Å². The Morgan fingerprint density at radius 2 is 1.93 bits per heavy atom. The third-order valence-electron chi connectivity index (χ3n) is 6.53. The largest absolute Gasteiger partial charge is 0.481 e. The van der Waals surface area contributed by atoms with Crippen LogP contribution < -0.4 is 0 Å². The van der Waals surface area contributed by atoms with Crippen LogP contribution in [0, 0.1) is 11.3 Å². The molecule has 3 saturated heterocycles. The van der Waals surface area contributed by atoms with Crippen molar-refractivity contribution in [2.24, 2.45) is 11.3 Å². The third-order valence-corrected chi connectivity index (χ3v) is 8.87. The smallest absolute Gasteiger partial charge is 0.309 e. The fourth-order valence-corrected chi connectivity index (χ4v) is 8.07. The number of carbonyl (C=O) groups excluding carboxylic acids is 1. The van der Waals surface area contributed by atoms with Crippen molar-refractivity contribution in [1.82, 2.24) is 9.21 Å². The molecule has 0 aromatic heterocycles. The number of methoxy groups -OCH3 is 1. The molecule has 4 atom stereocenters. The van der Waals surface area contributed by atoms with Gasteiger partial charge in [0.2, 0.25) is 15.9 Å². The van der Waals surface area contributed by atoms with Crippen molar-refractivity contribution in [1.29, 1.82) is 0 Å². The number of nitrogens with zero attached hydrogens (tertiary/aromatic N) is 2. The number of rotatable bonds is 6. The second kappa shape index (κ2) is 7.63. The van der Waals surface area contributed by atoms with Crippen LogP contribution in [0.15, 0.2) is 23.1 Å².